The quantitative estimate of drug-likeness (QED) is 0.668. The van der Waals surface area contributed by atoms with E-state index in [9.17, 15) is 5.26 Å². The molecule has 102 valence electrons. The van der Waals surface area contributed by atoms with Crippen LogP contribution in [-0.2, 0) is 0 Å². The second-order valence-corrected chi connectivity index (χ2v) is 5.82. The number of nitrogens with one attached hydrogen (secondary N) is 1. The molecule has 2 nitrogen and oxygen atoms in total. The molecular formula is C18H13BrN2. The zero-order valence-electron chi connectivity index (χ0n) is 11.5. The van der Waals surface area contributed by atoms with Crippen LogP contribution in [0.3, 0.4) is 0 Å². The summed E-state index contributed by atoms with van der Waals surface area (Å²) in [5.41, 5.74) is 3.93. The van der Waals surface area contributed by atoms with Crippen LogP contribution in [0.2, 0.25) is 0 Å². The second kappa shape index (κ2) is 5.59. The fourth-order valence-electron chi connectivity index (χ4n) is 2.42. The van der Waals surface area contributed by atoms with Gasteiger partial charge in [0.25, 0.3) is 0 Å². The third-order valence-electron chi connectivity index (χ3n) is 3.50. The first-order chi connectivity index (χ1) is 10.2. The third-order valence-corrected chi connectivity index (χ3v) is 4.00. The van der Waals surface area contributed by atoms with E-state index in [0.717, 1.165) is 32.2 Å². The lowest BCUT2D eigenvalue weighted by molar-refractivity contribution is 1.42. The van der Waals surface area contributed by atoms with E-state index in [1.54, 1.807) is 0 Å². The average Bonchev–Trinajstić information content (AvgIpc) is 2.50. The molecule has 0 spiro atoms. The monoisotopic (exact) mass is 336 g/mol. The molecule has 0 aliphatic carbocycles. The highest BCUT2D eigenvalue weighted by atomic mass is 79.9. The molecule has 0 bridgehead atoms. The number of aryl methyl sites for hydroxylation is 1. The summed E-state index contributed by atoms with van der Waals surface area (Å²) in [5, 5.41) is 14.7. The van der Waals surface area contributed by atoms with Gasteiger partial charge in [-0.25, -0.2) is 0 Å². The van der Waals surface area contributed by atoms with Gasteiger partial charge in [-0.3, -0.25) is 0 Å². The Kier molecular flexibility index (Phi) is 3.64. The molecule has 1 N–H and O–H groups in total. The lowest BCUT2D eigenvalue weighted by Crippen LogP contribution is -1.95. The lowest BCUT2D eigenvalue weighted by atomic mass is 10.0. The minimum Gasteiger partial charge on any atom is -0.355 e. The fourth-order valence-corrected chi connectivity index (χ4v) is 2.89. The maximum Gasteiger partial charge on any atom is 0.0998 e. The SMILES string of the molecule is Cc1cc(Br)ccc1Nc1ccc(C#N)c2ccccc12. The molecule has 0 aromatic heterocycles. The van der Waals surface area contributed by atoms with Crippen molar-refractivity contribution in [3.63, 3.8) is 0 Å². The van der Waals surface area contributed by atoms with Crippen molar-refractivity contribution >= 4 is 38.1 Å². The number of rotatable bonds is 2. The van der Waals surface area contributed by atoms with Crippen molar-refractivity contribution < 1.29 is 0 Å². The molecule has 0 radical (unpaired) electrons. The summed E-state index contributed by atoms with van der Waals surface area (Å²) in [4.78, 5) is 0. The van der Waals surface area contributed by atoms with Gasteiger partial charge in [0.1, 0.15) is 0 Å². The number of hydrogen-bond donors (Lipinski definition) is 1. The Bertz CT molecular complexity index is 863. The van der Waals surface area contributed by atoms with E-state index < -0.39 is 0 Å². The Morgan fingerprint density at radius 3 is 2.38 bits per heavy atom. The number of halogens is 1. The highest BCUT2D eigenvalue weighted by molar-refractivity contribution is 9.10. The van der Waals surface area contributed by atoms with Crippen molar-refractivity contribution in [2.24, 2.45) is 0 Å². The van der Waals surface area contributed by atoms with Crippen molar-refractivity contribution in [2.45, 2.75) is 6.92 Å². The third kappa shape index (κ3) is 2.63. The van der Waals surface area contributed by atoms with E-state index in [0.29, 0.717) is 5.56 Å². The highest BCUT2D eigenvalue weighted by Gasteiger charge is 2.06. The maximum atomic E-state index is 9.22. The first-order valence-corrected chi connectivity index (χ1v) is 7.43. The Balaban J connectivity index is 2.12. The summed E-state index contributed by atoms with van der Waals surface area (Å²) in [6.45, 7) is 2.07. The summed E-state index contributed by atoms with van der Waals surface area (Å²) in [7, 11) is 0. The molecular weight excluding hydrogens is 324 g/mol. The molecule has 0 saturated heterocycles. The second-order valence-electron chi connectivity index (χ2n) is 4.90. The van der Waals surface area contributed by atoms with Crippen molar-refractivity contribution in [2.75, 3.05) is 5.32 Å². The Morgan fingerprint density at radius 1 is 0.952 bits per heavy atom. The van der Waals surface area contributed by atoms with Gasteiger partial charge in [0.15, 0.2) is 0 Å². The van der Waals surface area contributed by atoms with Gasteiger partial charge in [-0.2, -0.15) is 5.26 Å². The van der Waals surface area contributed by atoms with E-state index in [1.165, 1.54) is 0 Å². The minimum atomic E-state index is 0.698. The molecule has 3 aromatic carbocycles. The van der Waals surface area contributed by atoms with Gasteiger partial charge in [0, 0.05) is 26.6 Å². The highest BCUT2D eigenvalue weighted by Crippen LogP contribution is 2.30. The number of benzene rings is 3. The molecule has 3 rings (SSSR count). The number of nitriles is 1. The zero-order chi connectivity index (χ0) is 14.8. The normalized spacial score (nSPS) is 10.3. The Morgan fingerprint density at radius 2 is 1.67 bits per heavy atom. The van der Waals surface area contributed by atoms with E-state index in [2.05, 4.69) is 40.3 Å². The predicted molar refractivity (Wildman–Crippen MR) is 90.8 cm³/mol. The van der Waals surface area contributed by atoms with Crippen LogP contribution in [0.1, 0.15) is 11.1 Å². The molecule has 0 aliphatic heterocycles. The van der Waals surface area contributed by atoms with Crippen LogP contribution in [0.25, 0.3) is 10.8 Å². The molecule has 3 aromatic rings. The molecule has 0 amide bonds. The van der Waals surface area contributed by atoms with Gasteiger partial charge in [-0.1, -0.05) is 40.2 Å². The molecule has 0 heterocycles. The van der Waals surface area contributed by atoms with Crippen LogP contribution in [0.5, 0.6) is 0 Å². The Hall–Kier alpha value is -2.31. The molecule has 21 heavy (non-hydrogen) atoms. The zero-order valence-corrected chi connectivity index (χ0v) is 13.1. The smallest absolute Gasteiger partial charge is 0.0998 e. The first-order valence-electron chi connectivity index (χ1n) is 6.64. The molecule has 0 fully saturated rings. The number of fused-ring (bicyclic) bond motifs is 1. The summed E-state index contributed by atoms with van der Waals surface area (Å²) >= 11 is 3.48. The van der Waals surface area contributed by atoms with Crippen molar-refractivity contribution in [1.82, 2.24) is 0 Å². The molecule has 0 atom stereocenters. The van der Waals surface area contributed by atoms with Crippen LogP contribution in [-0.4, -0.2) is 0 Å². The fraction of sp³-hybridized carbons (Fsp3) is 0.0556. The van der Waals surface area contributed by atoms with Gasteiger partial charge < -0.3 is 5.32 Å². The molecule has 0 unspecified atom stereocenters. The molecule has 0 aliphatic rings. The topological polar surface area (TPSA) is 35.8 Å². The van der Waals surface area contributed by atoms with Crippen LogP contribution in [0, 0.1) is 18.3 Å². The van der Waals surface area contributed by atoms with Crippen molar-refractivity contribution in [3.05, 3.63) is 70.2 Å². The van der Waals surface area contributed by atoms with Crippen LogP contribution in [0.15, 0.2) is 59.1 Å². The standard InChI is InChI=1S/C18H13BrN2/c1-12-10-14(19)7-9-17(12)21-18-8-6-13(11-20)15-4-2-3-5-16(15)18/h2-10,21H,1H3. The van der Waals surface area contributed by atoms with Gasteiger partial charge >= 0.3 is 0 Å². The van der Waals surface area contributed by atoms with Gasteiger partial charge in [-0.15, -0.1) is 0 Å². The summed E-state index contributed by atoms with van der Waals surface area (Å²) in [6.07, 6.45) is 0. The van der Waals surface area contributed by atoms with Gasteiger partial charge in [0.2, 0.25) is 0 Å². The largest absolute Gasteiger partial charge is 0.355 e. The van der Waals surface area contributed by atoms with Crippen LogP contribution < -0.4 is 5.32 Å². The van der Waals surface area contributed by atoms with Crippen LogP contribution in [0.4, 0.5) is 11.4 Å². The average molecular weight is 337 g/mol. The number of hydrogen-bond acceptors (Lipinski definition) is 2. The van der Waals surface area contributed by atoms with E-state index >= 15 is 0 Å². The van der Waals surface area contributed by atoms with Crippen molar-refractivity contribution in [1.29, 1.82) is 5.26 Å². The Labute approximate surface area is 132 Å². The van der Waals surface area contributed by atoms with Gasteiger partial charge in [-0.05, 0) is 42.8 Å². The predicted octanol–water partition coefficient (Wildman–Crippen LogP) is 5.53. The maximum absolute atomic E-state index is 9.22. The molecule has 3 heteroatoms. The summed E-state index contributed by atoms with van der Waals surface area (Å²) in [5.74, 6) is 0. The van der Waals surface area contributed by atoms with Gasteiger partial charge in [0.05, 0.1) is 11.6 Å². The number of nitrogens with zero attached hydrogens (tertiary/aromatic N) is 1. The van der Waals surface area contributed by atoms with Crippen molar-refractivity contribution in [3.8, 4) is 6.07 Å². The van der Waals surface area contributed by atoms with E-state index in [-0.39, 0.29) is 0 Å². The van der Waals surface area contributed by atoms with Crippen LogP contribution >= 0.6 is 15.9 Å². The lowest BCUT2D eigenvalue weighted by Gasteiger charge is -2.13. The summed E-state index contributed by atoms with van der Waals surface area (Å²) in [6, 6.07) is 20.2. The molecule has 0 saturated carbocycles. The first kappa shape index (κ1) is 13.7. The van der Waals surface area contributed by atoms with E-state index in [4.69, 9.17) is 0 Å². The summed E-state index contributed by atoms with van der Waals surface area (Å²) < 4.78 is 1.07. The van der Waals surface area contributed by atoms with E-state index in [1.807, 2.05) is 48.5 Å². The number of anilines is 2. The minimum absolute atomic E-state index is 0.698.